The predicted octanol–water partition coefficient (Wildman–Crippen LogP) is 1.71. The van der Waals surface area contributed by atoms with Gasteiger partial charge in [0.1, 0.15) is 5.01 Å². The smallest absolute Gasteiger partial charge is 0.226 e. The van der Waals surface area contributed by atoms with E-state index in [9.17, 15) is 0 Å². The summed E-state index contributed by atoms with van der Waals surface area (Å²) >= 11 is 1.62. The van der Waals surface area contributed by atoms with Gasteiger partial charge < -0.3 is 10.3 Å². The first-order valence-corrected chi connectivity index (χ1v) is 6.49. The number of aromatic nitrogens is 3. The lowest BCUT2D eigenvalue weighted by Crippen LogP contribution is -2.15. The molecule has 1 atom stereocenters. The predicted molar refractivity (Wildman–Crippen MR) is 65.9 cm³/mol. The van der Waals surface area contributed by atoms with E-state index >= 15 is 0 Å². The van der Waals surface area contributed by atoms with Crippen LogP contribution in [-0.2, 0) is 12.8 Å². The second-order valence-corrected chi connectivity index (χ2v) is 5.12. The molecular weight excluding hydrogens is 236 g/mol. The SMILES string of the molecule is Cc1csc(Cc2noc(CCC(C)N)n2)n1. The van der Waals surface area contributed by atoms with Crippen LogP contribution in [0.2, 0.25) is 0 Å². The van der Waals surface area contributed by atoms with Crippen molar-refractivity contribution in [1.82, 2.24) is 15.1 Å². The molecule has 0 aliphatic heterocycles. The van der Waals surface area contributed by atoms with Gasteiger partial charge in [-0.15, -0.1) is 11.3 Å². The van der Waals surface area contributed by atoms with Crippen LogP contribution in [0.15, 0.2) is 9.90 Å². The van der Waals surface area contributed by atoms with Crippen LogP contribution in [-0.4, -0.2) is 21.2 Å². The van der Waals surface area contributed by atoms with Gasteiger partial charge in [-0.1, -0.05) is 5.16 Å². The molecule has 2 aromatic heterocycles. The molecule has 2 aromatic rings. The zero-order valence-electron chi connectivity index (χ0n) is 10.0. The van der Waals surface area contributed by atoms with Gasteiger partial charge in [-0.25, -0.2) is 4.98 Å². The van der Waals surface area contributed by atoms with Crippen molar-refractivity contribution in [2.75, 3.05) is 0 Å². The van der Waals surface area contributed by atoms with Gasteiger partial charge in [-0.05, 0) is 20.3 Å². The maximum atomic E-state index is 5.68. The Kier molecular flexibility index (Phi) is 3.86. The third kappa shape index (κ3) is 3.61. The quantitative estimate of drug-likeness (QED) is 0.876. The van der Waals surface area contributed by atoms with E-state index in [1.54, 1.807) is 11.3 Å². The molecule has 2 heterocycles. The lowest BCUT2D eigenvalue weighted by Gasteiger charge is -1.99. The Labute approximate surface area is 104 Å². The Morgan fingerprint density at radius 2 is 2.29 bits per heavy atom. The average Bonchev–Trinajstić information content (AvgIpc) is 2.86. The van der Waals surface area contributed by atoms with Crippen LogP contribution in [0.1, 0.15) is 35.8 Å². The minimum atomic E-state index is 0.159. The van der Waals surface area contributed by atoms with Crippen LogP contribution in [0.25, 0.3) is 0 Å². The van der Waals surface area contributed by atoms with Gasteiger partial charge in [0.05, 0.1) is 6.42 Å². The summed E-state index contributed by atoms with van der Waals surface area (Å²) in [5, 5.41) is 6.97. The molecule has 1 unspecified atom stereocenters. The van der Waals surface area contributed by atoms with E-state index in [4.69, 9.17) is 10.3 Å². The normalized spacial score (nSPS) is 12.9. The summed E-state index contributed by atoms with van der Waals surface area (Å²) in [6.07, 6.45) is 2.24. The average molecular weight is 252 g/mol. The third-order valence-corrected chi connectivity index (χ3v) is 3.27. The largest absolute Gasteiger partial charge is 0.339 e. The number of thiazole rings is 1. The number of hydrogen-bond donors (Lipinski definition) is 1. The molecule has 0 aromatic carbocycles. The van der Waals surface area contributed by atoms with Crippen molar-refractivity contribution in [1.29, 1.82) is 0 Å². The first-order valence-electron chi connectivity index (χ1n) is 5.61. The molecule has 0 fully saturated rings. The highest BCUT2D eigenvalue weighted by Crippen LogP contribution is 2.13. The van der Waals surface area contributed by atoms with Crippen molar-refractivity contribution in [2.24, 2.45) is 5.73 Å². The van der Waals surface area contributed by atoms with Gasteiger partial charge >= 0.3 is 0 Å². The lowest BCUT2D eigenvalue weighted by molar-refractivity contribution is 0.368. The van der Waals surface area contributed by atoms with E-state index in [-0.39, 0.29) is 6.04 Å². The molecule has 2 N–H and O–H groups in total. The molecule has 0 bridgehead atoms. The summed E-state index contributed by atoms with van der Waals surface area (Å²) in [5.74, 6) is 1.35. The first-order chi connectivity index (χ1) is 8.13. The molecular formula is C11H16N4OS. The van der Waals surface area contributed by atoms with Crippen molar-refractivity contribution >= 4 is 11.3 Å². The highest BCUT2D eigenvalue weighted by molar-refractivity contribution is 7.09. The van der Waals surface area contributed by atoms with Gasteiger partial charge in [0.2, 0.25) is 5.89 Å². The molecule has 0 saturated carbocycles. The zero-order valence-corrected chi connectivity index (χ0v) is 10.8. The molecule has 6 heteroatoms. The summed E-state index contributed by atoms with van der Waals surface area (Å²) in [6, 6.07) is 0.159. The zero-order chi connectivity index (χ0) is 12.3. The Morgan fingerprint density at radius 3 is 2.94 bits per heavy atom. The summed E-state index contributed by atoms with van der Waals surface area (Å²) < 4.78 is 5.15. The molecule has 0 aliphatic carbocycles. The maximum absolute atomic E-state index is 5.68. The van der Waals surface area contributed by atoms with Gasteiger partial charge in [0.15, 0.2) is 5.82 Å². The molecule has 0 aliphatic rings. The van der Waals surface area contributed by atoms with E-state index < -0.39 is 0 Å². The lowest BCUT2D eigenvalue weighted by atomic mass is 10.2. The maximum Gasteiger partial charge on any atom is 0.226 e. The van der Waals surface area contributed by atoms with Gasteiger partial charge in [0, 0.05) is 23.5 Å². The third-order valence-electron chi connectivity index (χ3n) is 2.30. The van der Waals surface area contributed by atoms with Gasteiger partial charge in [-0.3, -0.25) is 0 Å². The van der Waals surface area contributed by atoms with Crippen LogP contribution >= 0.6 is 11.3 Å². The Balaban J connectivity index is 1.94. The fourth-order valence-electron chi connectivity index (χ4n) is 1.43. The van der Waals surface area contributed by atoms with E-state index in [1.165, 1.54) is 0 Å². The summed E-state index contributed by atoms with van der Waals surface area (Å²) in [7, 11) is 0. The Morgan fingerprint density at radius 1 is 1.47 bits per heavy atom. The number of hydrogen-bond acceptors (Lipinski definition) is 6. The second kappa shape index (κ2) is 5.37. The van der Waals surface area contributed by atoms with Crippen molar-refractivity contribution in [3.8, 4) is 0 Å². The van der Waals surface area contributed by atoms with E-state index in [2.05, 4.69) is 15.1 Å². The fraction of sp³-hybridized carbons (Fsp3) is 0.545. The topological polar surface area (TPSA) is 77.8 Å². The first kappa shape index (κ1) is 12.2. The van der Waals surface area contributed by atoms with Crippen LogP contribution < -0.4 is 5.73 Å². The van der Waals surface area contributed by atoms with E-state index in [0.29, 0.717) is 18.1 Å². The molecule has 5 nitrogen and oxygen atoms in total. The van der Waals surface area contributed by atoms with Crippen molar-refractivity contribution < 1.29 is 4.52 Å². The van der Waals surface area contributed by atoms with Crippen molar-refractivity contribution in [3.63, 3.8) is 0 Å². The van der Waals surface area contributed by atoms with E-state index in [1.807, 2.05) is 19.2 Å². The Hall–Kier alpha value is -1.27. The number of nitrogens with zero attached hydrogens (tertiary/aromatic N) is 3. The number of nitrogens with two attached hydrogens (primary N) is 1. The van der Waals surface area contributed by atoms with Crippen LogP contribution in [0.5, 0.6) is 0 Å². The monoisotopic (exact) mass is 252 g/mol. The van der Waals surface area contributed by atoms with Crippen molar-refractivity contribution in [3.05, 3.63) is 27.8 Å². The highest BCUT2D eigenvalue weighted by atomic mass is 32.1. The number of aryl methyl sites for hydroxylation is 2. The standard InChI is InChI=1S/C11H16N4OS/c1-7(12)3-4-10-14-9(15-16-10)5-11-13-8(2)6-17-11/h6-7H,3-5,12H2,1-2H3. The fourth-order valence-corrected chi connectivity index (χ4v) is 2.20. The molecule has 0 saturated heterocycles. The molecule has 0 spiro atoms. The molecule has 2 rings (SSSR count). The van der Waals surface area contributed by atoms with Gasteiger partial charge in [-0.2, -0.15) is 4.98 Å². The van der Waals surface area contributed by atoms with Crippen molar-refractivity contribution in [2.45, 2.75) is 39.2 Å². The van der Waals surface area contributed by atoms with Crippen LogP contribution in [0.3, 0.4) is 0 Å². The summed E-state index contributed by atoms with van der Waals surface area (Å²) in [5.41, 5.74) is 6.71. The molecule has 92 valence electrons. The van der Waals surface area contributed by atoms with Gasteiger partial charge in [0.25, 0.3) is 0 Å². The Bertz CT molecular complexity index is 477. The molecule has 0 amide bonds. The molecule has 0 radical (unpaired) electrons. The summed E-state index contributed by atoms with van der Waals surface area (Å²) in [6.45, 7) is 3.94. The highest BCUT2D eigenvalue weighted by Gasteiger charge is 2.09. The minimum Gasteiger partial charge on any atom is -0.339 e. The van der Waals surface area contributed by atoms with E-state index in [0.717, 1.165) is 23.5 Å². The van der Waals surface area contributed by atoms with Crippen LogP contribution in [0, 0.1) is 6.92 Å². The second-order valence-electron chi connectivity index (χ2n) is 4.18. The minimum absolute atomic E-state index is 0.159. The molecule has 17 heavy (non-hydrogen) atoms. The van der Waals surface area contributed by atoms with Crippen LogP contribution in [0.4, 0.5) is 0 Å². The summed E-state index contributed by atoms with van der Waals surface area (Å²) in [4.78, 5) is 8.69. The number of rotatable bonds is 5.